The molecule has 0 fully saturated rings. The first-order valence-corrected chi connectivity index (χ1v) is 4.27. The summed E-state index contributed by atoms with van der Waals surface area (Å²) in [7, 11) is -2.98. The van der Waals surface area contributed by atoms with Crippen LogP contribution in [0.3, 0.4) is 0 Å². The molecule has 0 aliphatic carbocycles. The molecule has 0 aromatic rings. The van der Waals surface area contributed by atoms with Gasteiger partial charge in [0, 0.05) is 10.9 Å². The van der Waals surface area contributed by atoms with E-state index in [0.717, 1.165) is 10.9 Å². The average Bonchev–Trinajstić information content (AvgIpc) is 1.67. The zero-order chi connectivity index (χ0) is 6.62. The van der Waals surface area contributed by atoms with Gasteiger partial charge in [0.2, 0.25) is 0 Å². The molecule has 48 valence electrons. The Bertz CT molecular complexity index is 168. The van der Waals surface area contributed by atoms with Gasteiger partial charge in [0.25, 0.3) is 0 Å². The monoisotopic (exact) mass is 154 g/mol. The molecule has 8 heavy (non-hydrogen) atoms. The summed E-state index contributed by atoms with van der Waals surface area (Å²) in [5.74, 6) is 0.107. The molecule has 0 heterocycles. The highest BCUT2D eigenvalue weighted by molar-refractivity contribution is 7.94. The molecule has 0 unspecified atom stereocenters. The summed E-state index contributed by atoms with van der Waals surface area (Å²) in [5.41, 5.74) is 0.999. The van der Waals surface area contributed by atoms with Gasteiger partial charge >= 0.3 is 0 Å². The highest BCUT2D eigenvalue weighted by atomic mass is 35.5. The maximum absolute atomic E-state index is 10.4. The molecule has 0 radical (unpaired) electrons. The number of hydrogen-bond donors (Lipinski definition) is 0. The van der Waals surface area contributed by atoms with Crippen molar-refractivity contribution >= 4 is 21.4 Å². The fourth-order valence-electron chi connectivity index (χ4n) is 0.175. The van der Waals surface area contributed by atoms with Crippen molar-refractivity contribution in [2.75, 3.05) is 5.75 Å². The van der Waals surface area contributed by atoms with Crippen molar-refractivity contribution in [1.29, 1.82) is 0 Å². The average molecular weight is 155 g/mol. The summed E-state index contributed by atoms with van der Waals surface area (Å²) in [6.07, 6.45) is 0. The summed E-state index contributed by atoms with van der Waals surface area (Å²) in [6.45, 7) is 1.56. The normalized spacial score (nSPS) is 12.8. The molecule has 0 rings (SSSR count). The standard InChI is InChI=1S/C4H7ClO2S/c1-2-8(6,7)4-3-5/h3-4H,2H2,1H3/b4-3+. The second-order valence-electron chi connectivity index (χ2n) is 1.21. The van der Waals surface area contributed by atoms with Crippen LogP contribution in [0.15, 0.2) is 10.9 Å². The van der Waals surface area contributed by atoms with Gasteiger partial charge in [-0.1, -0.05) is 18.5 Å². The Morgan fingerprint density at radius 2 is 2.12 bits per heavy atom. The summed E-state index contributed by atoms with van der Waals surface area (Å²) in [5, 5.41) is 0.981. The Morgan fingerprint density at radius 1 is 1.62 bits per heavy atom. The molecule has 0 aromatic heterocycles. The third kappa shape index (κ3) is 3.04. The highest BCUT2D eigenvalue weighted by Crippen LogP contribution is 1.91. The van der Waals surface area contributed by atoms with E-state index in [1.807, 2.05) is 0 Å². The van der Waals surface area contributed by atoms with Gasteiger partial charge in [-0.3, -0.25) is 0 Å². The lowest BCUT2D eigenvalue weighted by Crippen LogP contribution is -1.95. The van der Waals surface area contributed by atoms with Crippen LogP contribution in [-0.4, -0.2) is 14.2 Å². The van der Waals surface area contributed by atoms with Crippen LogP contribution in [0, 0.1) is 0 Å². The minimum absolute atomic E-state index is 0.107. The molecule has 0 aliphatic heterocycles. The van der Waals surface area contributed by atoms with Crippen molar-refractivity contribution in [2.24, 2.45) is 0 Å². The fourth-order valence-corrected chi connectivity index (χ4v) is 0.994. The van der Waals surface area contributed by atoms with Gasteiger partial charge in [0.15, 0.2) is 9.84 Å². The molecule has 0 atom stereocenters. The van der Waals surface area contributed by atoms with E-state index in [1.165, 1.54) is 0 Å². The quantitative estimate of drug-likeness (QED) is 0.598. The summed E-state index contributed by atoms with van der Waals surface area (Å²) in [6, 6.07) is 0. The van der Waals surface area contributed by atoms with Crippen LogP contribution in [0.1, 0.15) is 6.92 Å². The maximum Gasteiger partial charge on any atom is 0.172 e. The molecule has 0 bridgehead atoms. The third-order valence-electron chi connectivity index (χ3n) is 0.661. The van der Waals surface area contributed by atoms with E-state index in [9.17, 15) is 8.42 Å². The van der Waals surface area contributed by atoms with E-state index in [0.29, 0.717) is 0 Å². The van der Waals surface area contributed by atoms with E-state index in [-0.39, 0.29) is 5.75 Å². The lowest BCUT2D eigenvalue weighted by Gasteiger charge is -1.85. The second-order valence-corrected chi connectivity index (χ2v) is 3.64. The predicted octanol–water partition coefficient (Wildman–Crippen LogP) is 1.13. The maximum atomic E-state index is 10.4. The Morgan fingerprint density at radius 3 is 2.25 bits per heavy atom. The van der Waals surface area contributed by atoms with E-state index in [4.69, 9.17) is 11.6 Å². The Balaban J connectivity index is 4.17. The summed E-state index contributed by atoms with van der Waals surface area (Å²) >= 11 is 5.01. The SMILES string of the molecule is CCS(=O)(=O)/C=C/Cl. The first-order valence-electron chi connectivity index (χ1n) is 2.12. The van der Waals surface area contributed by atoms with Gasteiger partial charge < -0.3 is 0 Å². The van der Waals surface area contributed by atoms with Crippen molar-refractivity contribution in [2.45, 2.75) is 6.92 Å². The number of rotatable bonds is 2. The van der Waals surface area contributed by atoms with Gasteiger partial charge in [-0.2, -0.15) is 0 Å². The fraction of sp³-hybridized carbons (Fsp3) is 0.500. The molecule has 0 N–H and O–H groups in total. The topological polar surface area (TPSA) is 34.1 Å². The molecule has 2 nitrogen and oxygen atoms in total. The van der Waals surface area contributed by atoms with Gasteiger partial charge in [-0.05, 0) is 0 Å². The molecular weight excluding hydrogens is 148 g/mol. The Kier molecular flexibility index (Phi) is 3.09. The van der Waals surface area contributed by atoms with Gasteiger partial charge in [0.1, 0.15) is 0 Å². The van der Waals surface area contributed by atoms with Gasteiger partial charge in [-0.25, -0.2) is 8.42 Å². The lowest BCUT2D eigenvalue weighted by atomic mass is 11.0. The zero-order valence-corrected chi connectivity index (χ0v) is 6.04. The van der Waals surface area contributed by atoms with Crippen molar-refractivity contribution in [1.82, 2.24) is 0 Å². The molecule has 0 aromatic carbocycles. The largest absolute Gasteiger partial charge is 0.224 e. The van der Waals surface area contributed by atoms with E-state index < -0.39 is 9.84 Å². The summed E-state index contributed by atoms with van der Waals surface area (Å²) in [4.78, 5) is 0. The first-order chi connectivity index (χ1) is 3.62. The molecule has 0 aliphatic rings. The van der Waals surface area contributed by atoms with Crippen LogP contribution in [0.5, 0.6) is 0 Å². The Hall–Kier alpha value is -0.0200. The van der Waals surface area contributed by atoms with Crippen LogP contribution in [0.4, 0.5) is 0 Å². The van der Waals surface area contributed by atoms with Crippen LogP contribution >= 0.6 is 11.6 Å². The molecule has 0 saturated heterocycles. The lowest BCUT2D eigenvalue weighted by molar-refractivity contribution is 0.606. The van der Waals surface area contributed by atoms with Gasteiger partial charge in [0.05, 0.1) is 5.75 Å². The van der Waals surface area contributed by atoms with Crippen molar-refractivity contribution in [3.8, 4) is 0 Å². The molecule has 0 amide bonds. The van der Waals surface area contributed by atoms with E-state index >= 15 is 0 Å². The van der Waals surface area contributed by atoms with Gasteiger partial charge in [-0.15, -0.1) is 0 Å². The van der Waals surface area contributed by atoms with Crippen LogP contribution in [0.25, 0.3) is 0 Å². The first kappa shape index (κ1) is 7.98. The van der Waals surface area contributed by atoms with Crippen molar-refractivity contribution in [3.63, 3.8) is 0 Å². The molecular formula is C4H7ClO2S. The second kappa shape index (κ2) is 3.10. The Labute approximate surface area is 54.1 Å². The van der Waals surface area contributed by atoms with Crippen LogP contribution in [-0.2, 0) is 9.84 Å². The smallest absolute Gasteiger partial charge is 0.172 e. The van der Waals surface area contributed by atoms with Crippen LogP contribution in [0.2, 0.25) is 0 Å². The molecule has 4 heteroatoms. The minimum Gasteiger partial charge on any atom is -0.224 e. The highest BCUT2D eigenvalue weighted by Gasteiger charge is 1.97. The number of sulfone groups is 1. The summed E-state index contributed by atoms with van der Waals surface area (Å²) < 4.78 is 20.9. The van der Waals surface area contributed by atoms with E-state index in [1.54, 1.807) is 6.92 Å². The predicted molar refractivity (Wildman–Crippen MR) is 34.5 cm³/mol. The number of hydrogen-bond acceptors (Lipinski definition) is 2. The third-order valence-corrected chi connectivity index (χ3v) is 2.29. The van der Waals surface area contributed by atoms with Crippen molar-refractivity contribution in [3.05, 3.63) is 10.9 Å². The zero-order valence-electron chi connectivity index (χ0n) is 4.46. The van der Waals surface area contributed by atoms with E-state index in [2.05, 4.69) is 0 Å². The molecule has 0 saturated carbocycles. The molecule has 0 spiro atoms. The number of halogens is 1. The minimum atomic E-state index is -2.98. The van der Waals surface area contributed by atoms with Crippen LogP contribution < -0.4 is 0 Å². The van der Waals surface area contributed by atoms with Crippen molar-refractivity contribution < 1.29 is 8.42 Å².